The van der Waals surface area contributed by atoms with E-state index >= 15 is 0 Å². The summed E-state index contributed by atoms with van der Waals surface area (Å²) in [6, 6.07) is 24.5. The zero-order valence-electron chi connectivity index (χ0n) is 19.3. The van der Waals surface area contributed by atoms with Gasteiger partial charge in [0.05, 0.1) is 10.9 Å². The van der Waals surface area contributed by atoms with E-state index in [2.05, 4.69) is 73.4 Å². The van der Waals surface area contributed by atoms with Crippen molar-refractivity contribution in [2.75, 3.05) is 5.43 Å². The van der Waals surface area contributed by atoms with E-state index in [9.17, 15) is 0 Å². The maximum Gasteiger partial charge on any atom is 0.157 e. The van der Waals surface area contributed by atoms with Crippen LogP contribution >= 0.6 is 0 Å². The molecule has 2 aromatic heterocycles. The van der Waals surface area contributed by atoms with Gasteiger partial charge in [0.15, 0.2) is 5.82 Å². The molecule has 0 spiro atoms. The lowest BCUT2D eigenvalue weighted by atomic mass is 9.86. The number of aryl methyl sites for hydroxylation is 1. The fraction of sp³-hybridized carbons (Fsp3) is 0.179. The second-order valence-corrected chi connectivity index (χ2v) is 9.29. The number of benzene rings is 3. The average Bonchev–Trinajstić information content (AvgIpc) is 2.82. The first kappa shape index (κ1) is 20.9. The lowest BCUT2D eigenvalue weighted by Crippen LogP contribution is -2.10. The summed E-state index contributed by atoms with van der Waals surface area (Å²) in [7, 11) is 0. The van der Waals surface area contributed by atoms with E-state index in [4.69, 9.17) is 9.52 Å². The van der Waals surface area contributed by atoms with Crippen LogP contribution in [0.15, 0.2) is 88.6 Å². The number of hydrogen-bond donors (Lipinski definition) is 1. The van der Waals surface area contributed by atoms with Crippen LogP contribution < -0.4 is 10.8 Å². The fourth-order valence-electron chi connectivity index (χ4n) is 3.86. The number of para-hydroxylation sites is 1. The quantitative estimate of drug-likeness (QED) is 0.326. The van der Waals surface area contributed by atoms with Gasteiger partial charge >= 0.3 is 0 Å². The molecule has 164 valence electrons. The van der Waals surface area contributed by atoms with Crippen molar-refractivity contribution in [3.8, 4) is 11.3 Å². The number of hydrogen-bond acceptors (Lipinski definition) is 5. The van der Waals surface area contributed by atoms with Crippen LogP contribution in [0.2, 0.25) is 0 Å². The minimum absolute atomic E-state index is 0.0985. The highest BCUT2D eigenvalue weighted by Crippen LogP contribution is 2.27. The molecule has 3 aromatic carbocycles. The molecule has 0 aliphatic heterocycles. The van der Waals surface area contributed by atoms with Crippen LogP contribution in [0.5, 0.6) is 0 Å². The third-order valence-corrected chi connectivity index (χ3v) is 5.76. The summed E-state index contributed by atoms with van der Waals surface area (Å²) >= 11 is 0. The summed E-state index contributed by atoms with van der Waals surface area (Å²) in [4.78, 5) is 8.72. The molecule has 0 aliphatic carbocycles. The monoisotopic (exact) mass is 434 g/mol. The molecule has 0 amide bonds. The number of anilines is 1. The second kappa shape index (κ2) is 8.17. The molecule has 0 saturated heterocycles. The molecule has 5 rings (SSSR count). The van der Waals surface area contributed by atoms with Crippen molar-refractivity contribution < 1.29 is 4.42 Å². The Morgan fingerprint density at radius 3 is 2.42 bits per heavy atom. The summed E-state index contributed by atoms with van der Waals surface area (Å²) < 4.78 is 6.28. The molecule has 5 aromatic rings. The van der Waals surface area contributed by atoms with Gasteiger partial charge in [0, 0.05) is 22.4 Å². The van der Waals surface area contributed by atoms with Crippen LogP contribution in [0.1, 0.15) is 31.9 Å². The Labute approximate surface area is 192 Å². The summed E-state index contributed by atoms with van der Waals surface area (Å²) in [5.41, 5.74) is 8.34. The van der Waals surface area contributed by atoms with Crippen LogP contribution in [0.25, 0.3) is 33.2 Å². The maximum atomic E-state index is 6.28. The first-order valence-electron chi connectivity index (χ1n) is 11.0. The predicted molar refractivity (Wildman–Crippen MR) is 134 cm³/mol. The van der Waals surface area contributed by atoms with Crippen LogP contribution in [-0.4, -0.2) is 9.97 Å². The molecule has 33 heavy (non-hydrogen) atoms. The van der Waals surface area contributed by atoms with Gasteiger partial charge in [-0.15, -0.1) is 0 Å². The average molecular weight is 435 g/mol. The van der Waals surface area contributed by atoms with Crippen LogP contribution in [0.4, 0.5) is 5.82 Å². The Balaban J connectivity index is 1.63. The van der Waals surface area contributed by atoms with Gasteiger partial charge in [0.25, 0.3) is 0 Å². The number of fused-ring (bicyclic) bond motifs is 2. The third-order valence-electron chi connectivity index (χ3n) is 5.76. The Bertz CT molecular complexity index is 1520. The topological polar surface area (TPSA) is 63.3 Å². The van der Waals surface area contributed by atoms with Crippen molar-refractivity contribution in [1.29, 1.82) is 0 Å². The Morgan fingerprint density at radius 1 is 0.848 bits per heavy atom. The van der Waals surface area contributed by atoms with Crippen LogP contribution in [-0.2, 0) is 5.41 Å². The lowest BCUT2D eigenvalue weighted by Gasteiger charge is -2.19. The van der Waals surface area contributed by atoms with Crippen LogP contribution in [0, 0.1) is 6.92 Å². The molecule has 0 saturated carbocycles. The molecule has 0 bridgehead atoms. The number of nitrogens with zero attached hydrogens (tertiary/aromatic N) is 3. The molecule has 0 atom stereocenters. The van der Waals surface area contributed by atoms with Crippen molar-refractivity contribution in [2.24, 2.45) is 5.10 Å². The fourth-order valence-corrected chi connectivity index (χ4v) is 3.86. The highest BCUT2D eigenvalue weighted by Gasteiger charge is 2.14. The van der Waals surface area contributed by atoms with Gasteiger partial charge in [-0.2, -0.15) is 5.10 Å². The minimum atomic E-state index is 0.0985. The summed E-state index contributed by atoms with van der Waals surface area (Å²) in [6.07, 6.45) is 1.55. The highest BCUT2D eigenvalue weighted by molar-refractivity contribution is 5.88. The van der Waals surface area contributed by atoms with Gasteiger partial charge in [-0.25, -0.2) is 9.97 Å². The van der Waals surface area contributed by atoms with Crippen LogP contribution in [0.3, 0.4) is 0 Å². The number of rotatable bonds is 3. The van der Waals surface area contributed by atoms with Gasteiger partial charge < -0.3 is 4.42 Å². The zero-order chi connectivity index (χ0) is 23.0. The van der Waals surface area contributed by atoms with Crippen molar-refractivity contribution in [3.63, 3.8) is 0 Å². The molecule has 5 nitrogen and oxygen atoms in total. The molecule has 5 heteroatoms. The Hall–Kier alpha value is -3.99. The van der Waals surface area contributed by atoms with Crippen molar-refractivity contribution in [3.05, 3.63) is 95.6 Å². The van der Waals surface area contributed by atoms with Gasteiger partial charge in [0.2, 0.25) is 0 Å². The molecule has 0 radical (unpaired) electrons. The van der Waals surface area contributed by atoms with E-state index in [-0.39, 0.29) is 5.41 Å². The molecule has 0 fully saturated rings. The largest absolute Gasteiger partial charge is 0.456 e. The molecule has 0 unspecified atom stereocenters. The summed E-state index contributed by atoms with van der Waals surface area (Å²) in [5.74, 6) is 1.43. The number of aromatic nitrogens is 2. The van der Waals surface area contributed by atoms with E-state index in [1.807, 2.05) is 42.5 Å². The standard InChI is InChI=1S/C28H26N4O/c1-18-9-14-25-22(15-18)24(31-32-27-21-7-5-6-8-23(21)29-17-30-27)16-26(33-25)19-10-12-20(13-11-19)28(2,3)4/h5-17H,1-4H3,(H,29,30,32)/b31-24+. The van der Waals surface area contributed by atoms with E-state index in [0.717, 1.165) is 44.1 Å². The van der Waals surface area contributed by atoms with Crippen molar-refractivity contribution >= 4 is 27.7 Å². The van der Waals surface area contributed by atoms with E-state index in [1.54, 1.807) is 6.33 Å². The molecular weight excluding hydrogens is 408 g/mol. The van der Waals surface area contributed by atoms with Gasteiger partial charge in [-0.1, -0.05) is 68.8 Å². The van der Waals surface area contributed by atoms with E-state index in [1.165, 1.54) is 5.56 Å². The molecule has 0 aliphatic rings. The molecule has 2 heterocycles. The predicted octanol–water partition coefficient (Wildman–Crippen LogP) is 6.58. The number of nitrogens with one attached hydrogen (secondary N) is 1. The van der Waals surface area contributed by atoms with Gasteiger partial charge in [0.1, 0.15) is 17.7 Å². The summed E-state index contributed by atoms with van der Waals surface area (Å²) in [6.45, 7) is 8.70. The van der Waals surface area contributed by atoms with E-state index in [0.29, 0.717) is 5.82 Å². The second-order valence-electron chi connectivity index (χ2n) is 9.29. The van der Waals surface area contributed by atoms with E-state index < -0.39 is 0 Å². The summed E-state index contributed by atoms with van der Waals surface area (Å²) in [5, 5.41) is 7.39. The molecule has 1 N–H and O–H groups in total. The lowest BCUT2D eigenvalue weighted by molar-refractivity contribution is 0.589. The Kier molecular flexibility index (Phi) is 5.17. The van der Waals surface area contributed by atoms with Crippen molar-refractivity contribution in [2.45, 2.75) is 33.1 Å². The van der Waals surface area contributed by atoms with Crippen molar-refractivity contribution in [1.82, 2.24) is 9.97 Å². The SMILES string of the molecule is Cc1ccc2oc(-c3ccc(C(C)(C)C)cc3)c/c(=N\Nc3ncnc4ccccc34)c2c1. The zero-order valence-corrected chi connectivity index (χ0v) is 19.3. The maximum absolute atomic E-state index is 6.28. The highest BCUT2D eigenvalue weighted by atomic mass is 16.3. The first-order chi connectivity index (χ1) is 15.9. The first-order valence-corrected chi connectivity index (χ1v) is 11.0. The molecular formula is C28H26N4O. The third kappa shape index (κ3) is 4.22. The van der Waals surface area contributed by atoms with Gasteiger partial charge in [-0.05, 0) is 42.2 Å². The minimum Gasteiger partial charge on any atom is -0.456 e. The smallest absolute Gasteiger partial charge is 0.157 e. The Morgan fingerprint density at radius 2 is 1.64 bits per heavy atom. The normalized spacial score (nSPS) is 12.4. The van der Waals surface area contributed by atoms with Gasteiger partial charge in [-0.3, -0.25) is 5.43 Å².